The van der Waals surface area contributed by atoms with Crippen molar-refractivity contribution in [2.75, 3.05) is 23.3 Å². The molecule has 0 bridgehead atoms. The molecular weight excluding hydrogens is 432 g/mol. The van der Waals surface area contributed by atoms with Gasteiger partial charge in [0.1, 0.15) is 6.04 Å². The Hall–Kier alpha value is -4.01. The quantitative estimate of drug-likeness (QED) is 0.421. The largest absolute Gasteiger partial charge is 0.372 e. The molecule has 9 nitrogen and oxygen atoms in total. The van der Waals surface area contributed by atoms with E-state index in [9.17, 15) is 14.9 Å². The third kappa shape index (κ3) is 3.72. The maximum absolute atomic E-state index is 13.0. The van der Waals surface area contributed by atoms with Gasteiger partial charge in [0.2, 0.25) is 5.95 Å². The van der Waals surface area contributed by atoms with Crippen molar-refractivity contribution in [2.45, 2.75) is 39.2 Å². The molecule has 0 spiro atoms. The first-order chi connectivity index (χ1) is 16.5. The average Bonchev–Trinajstić information content (AvgIpc) is 3.28. The molecule has 1 aliphatic carbocycles. The highest BCUT2D eigenvalue weighted by molar-refractivity contribution is 5.99. The summed E-state index contributed by atoms with van der Waals surface area (Å²) >= 11 is 0. The molecule has 2 heterocycles. The number of fused-ring (bicyclic) bond motifs is 1. The van der Waals surface area contributed by atoms with Crippen LogP contribution in [-0.2, 0) is 4.79 Å². The Balaban J connectivity index is 1.56. The van der Waals surface area contributed by atoms with Gasteiger partial charge in [-0.1, -0.05) is 0 Å². The lowest BCUT2D eigenvalue weighted by Gasteiger charge is -2.32. The van der Waals surface area contributed by atoms with Crippen molar-refractivity contribution in [1.82, 2.24) is 14.8 Å². The number of nitrogens with one attached hydrogen (secondary N) is 1. The number of non-ortho nitro benzene ring substituents is 1. The number of hydrogen-bond donors (Lipinski definition) is 1. The summed E-state index contributed by atoms with van der Waals surface area (Å²) in [7, 11) is 0. The Labute approximate surface area is 197 Å². The standard InChI is InChI=1S/C25H26N6O3/c1-3-29(4-2)18-12-10-17(11-13-18)24-27-25-26-20-6-5-7-21(32)22(20)23(30(25)28-24)16-8-14-19(15-9-16)31(33)34/h8-15,23H,3-7H2,1-2H3,(H,26,27,28). The van der Waals surface area contributed by atoms with Crippen LogP contribution < -0.4 is 10.2 Å². The Morgan fingerprint density at radius 1 is 1.09 bits per heavy atom. The molecular formula is C25H26N6O3. The van der Waals surface area contributed by atoms with Gasteiger partial charge in [0.05, 0.1) is 4.92 Å². The third-order valence-electron chi connectivity index (χ3n) is 6.54. The fraction of sp³-hybridized carbons (Fsp3) is 0.320. The highest BCUT2D eigenvalue weighted by atomic mass is 16.6. The monoisotopic (exact) mass is 458 g/mol. The molecule has 1 atom stereocenters. The summed E-state index contributed by atoms with van der Waals surface area (Å²) in [5, 5.41) is 19.2. The van der Waals surface area contributed by atoms with E-state index in [0.29, 0.717) is 23.8 Å². The number of hydrogen-bond acceptors (Lipinski definition) is 7. The number of allylic oxidation sites excluding steroid dienone is 2. The number of carbonyl (C=O) groups excluding carboxylic acids is 1. The summed E-state index contributed by atoms with van der Waals surface area (Å²) in [6.07, 6.45) is 2.02. The van der Waals surface area contributed by atoms with E-state index >= 15 is 0 Å². The minimum Gasteiger partial charge on any atom is -0.372 e. The van der Waals surface area contributed by atoms with Crippen molar-refractivity contribution in [2.24, 2.45) is 0 Å². The van der Waals surface area contributed by atoms with Gasteiger partial charge in [0.15, 0.2) is 11.6 Å². The molecule has 3 aromatic rings. The molecule has 1 aromatic heterocycles. The van der Waals surface area contributed by atoms with E-state index in [4.69, 9.17) is 10.1 Å². The fourth-order valence-corrected chi connectivity index (χ4v) is 4.78. The first-order valence-corrected chi connectivity index (χ1v) is 11.6. The highest BCUT2D eigenvalue weighted by Gasteiger charge is 2.37. The van der Waals surface area contributed by atoms with E-state index < -0.39 is 11.0 Å². The van der Waals surface area contributed by atoms with Gasteiger partial charge in [0.25, 0.3) is 5.69 Å². The first kappa shape index (κ1) is 21.8. The smallest absolute Gasteiger partial charge is 0.269 e. The molecule has 1 unspecified atom stereocenters. The van der Waals surface area contributed by atoms with Crippen LogP contribution in [0.15, 0.2) is 59.8 Å². The zero-order valence-electron chi connectivity index (χ0n) is 19.2. The second-order valence-electron chi connectivity index (χ2n) is 8.47. The number of rotatable bonds is 6. The number of carbonyl (C=O) groups is 1. The average molecular weight is 459 g/mol. The predicted octanol–water partition coefficient (Wildman–Crippen LogP) is 4.72. The summed E-state index contributed by atoms with van der Waals surface area (Å²) < 4.78 is 1.73. The summed E-state index contributed by atoms with van der Waals surface area (Å²) in [4.78, 5) is 30.7. The molecule has 2 aromatic carbocycles. The van der Waals surface area contributed by atoms with Crippen LogP contribution in [0.2, 0.25) is 0 Å². The molecule has 1 aliphatic heterocycles. The van der Waals surface area contributed by atoms with Crippen molar-refractivity contribution in [3.05, 3.63) is 75.5 Å². The van der Waals surface area contributed by atoms with Crippen LogP contribution in [0.1, 0.15) is 44.7 Å². The van der Waals surface area contributed by atoms with Gasteiger partial charge < -0.3 is 10.2 Å². The molecule has 34 heavy (non-hydrogen) atoms. The van der Waals surface area contributed by atoms with Crippen LogP contribution >= 0.6 is 0 Å². The summed E-state index contributed by atoms with van der Waals surface area (Å²) in [6, 6.07) is 14.0. The Morgan fingerprint density at radius 3 is 2.44 bits per heavy atom. The number of nitro benzene ring substituents is 1. The van der Waals surface area contributed by atoms with E-state index in [1.807, 2.05) is 12.1 Å². The minimum atomic E-state index is -0.476. The van der Waals surface area contributed by atoms with Crippen LogP contribution in [0.4, 0.5) is 17.3 Å². The second kappa shape index (κ2) is 8.74. The molecule has 0 radical (unpaired) electrons. The first-order valence-electron chi connectivity index (χ1n) is 11.6. The van der Waals surface area contributed by atoms with E-state index in [2.05, 4.69) is 36.2 Å². The van der Waals surface area contributed by atoms with Crippen LogP contribution in [0.25, 0.3) is 11.4 Å². The number of aromatic nitrogens is 3. The normalized spacial score (nSPS) is 17.1. The lowest BCUT2D eigenvalue weighted by molar-refractivity contribution is -0.384. The van der Waals surface area contributed by atoms with Crippen molar-refractivity contribution in [3.63, 3.8) is 0 Å². The van der Waals surface area contributed by atoms with E-state index in [1.54, 1.807) is 16.8 Å². The molecule has 2 aliphatic rings. The van der Waals surface area contributed by atoms with Gasteiger partial charge in [-0.25, -0.2) is 4.68 Å². The lowest BCUT2D eigenvalue weighted by atomic mass is 9.85. The van der Waals surface area contributed by atoms with Crippen molar-refractivity contribution < 1.29 is 9.72 Å². The SMILES string of the molecule is CCN(CC)c1ccc(-c2nc3n(n2)C(c2ccc([N+](=O)[O-])cc2)C2=C(CCCC2=O)N3)cc1. The van der Waals surface area contributed by atoms with Gasteiger partial charge in [0, 0.05) is 54.2 Å². The molecule has 174 valence electrons. The summed E-state index contributed by atoms with van der Waals surface area (Å²) in [6.45, 7) is 6.11. The minimum absolute atomic E-state index is 0.00894. The van der Waals surface area contributed by atoms with Crippen LogP contribution in [0, 0.1) is 10.1 Å². The maximum Gasteiger partial charge on any atom is 0.269 e. The molecule has 1 N–H and O–H groups in total. The van der Waals surface area contributed by atoms with E-state index in [-0.39, 0.29) is 11.5 Å². The van der Waals surface area contributed by atoms with E-state index in [0.717, 1.165) is 48.4 Å². The zero-order valence-corrected chi connectivity index (χ0v) is 19.2. The number of Topliss-reactive ketones (excluding diaryl/α,β-unsaturated/α-hetero) is 1. The van der Waals surface area contributed by atoms with Crippen LogP contribution in [0.5, 0.6) is 0 Å². The Kier molecular flexibility index (Phi) is 5.61. The number of ketones is 1. The number of nitrogens with zero attached hydrogens (tertiary/aromatic N) is 5. The van der Waals surface area contributed by atoms with Gasteiger partial charge in [-0.05, 0) is 68.7 Å². The molecule has 0 saturated carbocycles. The number of anilines is 2. The maximum atomic E-state index is 13.0. The zero-order chi connectivity index (χ0) is 23.8. The van der Waals surface area contributed by atoms with Crippen molar-refractivity contribution in [1.29, 1.82) is 0 Å². The number of nitro groups is 1. The molecule has 0 amide bonds. The van der Waals surface area contributed by atoms with Crippen LogP contribution in [0.3, 0.4) is 0 Å². The molecule has 0 saturated heterocycles. The van der Waals surface area contributed by atoms with Gasteiger partial charge in [-0.15, -0.1) is 5.10 Å². The van der Waals surface area contributed by atoms with Gasteiger partial charge in [-0.2, -0.15) is 4.98 Å². The second-order valence-corrected chi connectivity index (χ2v) is 8.47. The van der Waals surface area contributed by atoms with Crippen molar-refractivity contribution in [3.8, 4) is 11.4 Å². The highest BCUT2D eigenvalue weighted by Crippen LogP contribution is 2.41. The summed E-state index contributed by atoms with van der Waals surface area (Å²) in [5.41, 5.74) is 4.33. The van der Waals surface area contributed by atoms with Gasteiger partial charge in [-0.3, -0.25) is 14.9 Å². The Morgan fingerprint density at radius 2 is 1.79 bits per heavy atom. The molecule has 9 heteroatoms. The van der Waals surface area contributed by atoms with Gasteiger partial charge >= 0.3 is 0 Å². The molecule has 0 fully saturated rings. The summed E-state index contributed by atoms with van der Waals surface area (Å²) in [5.74, 6) is 1.20. The van der Waals surface area contributed by atoms with E-state index in [1.165, 1.54) is 12.1 Å². The number of benzene rings is 2. The van der Waals surface area contributed by atoms with Crippen molar-refractivity contribution >= 4 is 23.1 Å². The Bertz CT molecular complexity index is 1270. The topological polar surface area (TPSA) is 106 Å². The fourth-order valence-electron chi connectivity index (χ4n) is 4.78. The molecule has 5 rings (SSSR count). The lowest BCUT2D eigenvalue weighted by Crippen LogP contribution is -2.31. The van der Waals surface area contributed by atoms with Crippen LogP contribution in [-0.4, -0.2) is 38.6 Å². The third-order valence-corrected chi connectivity index (χ3v) is 6.54. The predicted molar refractivity (Wildman–Crippen MR) is 130 cm³/mol.